The molecule has 204 valence electrons. The molecule has 13 heteroatoms. The number of hydrogen-bond acceptors (Lipinski definition) is 7. The molecule has 2 aromatic carbocycles. The molecule has 2 fully saturated rings. The van der Waals surface area contributed by atoms with E-state index in [1.54, 1.807) is 0 Å². The summed E-state index contributed by atoms with van der Waals surface area (Å²) in [6.07, 6.45) is 1.46. The molecule has 1 unspecified atom stereocenters. The second kappa shape index (κ2) is 11.5. The van der Waals surface area contributed by atoms with Crippen LogP contribution in [0.4, 0.5) is 13.9 Å². The standard InChI is InChI=1S/C25H27ClF2N4O4S2/c26-17-4-6-19(7-5-17)38(34,35)32-10-1-3-21(32)24(33)31(9-2-8-30-11-13-36-14-12-30)25-29-23-20(28)15-18(27)16-22(23)37-25/h4-7,15-16,21H,1-3,8-14H2. The quantitative estimate of drug-likeness (QED) is 0.396. The normalized spacial score (nSPS) is 19.3. The van der Waals surface area contributed by atoms with Crippen LogP contribution < -0.4 is 4.90 Å². The summed E-state index contributed by atoms with van der Waals surface area (Å²) in [5.41, 5.74) is -0.0190. The maximum absolute atomic E-state index is 14.4. The number of aromatic nitrogens is 1. The molecule has 0 spiro atoms. The first-order valence-corrected chi connectivity index (χ1v) is 15.0. The van der Waals surface area contributed by atoms with E-state index in [0.717, 1.165) is 30.5 Å². The third-order valence-electron chi connectivity index (χ3n) is 6.77. The number of hydrogen-bond donors (Lipinski definition) is 0. The van der Waals surface area contributed by atoms with Crippen LogP contribution in [0.2, 0.25) is 5.02 Å². The van der Waals surface area contributed by atoms with E-state index in [2.05, 4.69) is 9.88 Å². The zero-order valence-corrected chi connectivity index (χ0v) is 22.9. The number of carbonyl (C=O) groups excluding carboxylic acids is 1. The second-order valence-corrected chi connectivity index (χ2v) is 12.6. The van der Waals surface area contributed by atoms with Crippen LogP contribution in [-0.2, 0) is 19.6 Å². The summed E-state index contributed by atoms with van der Waals surface area (Å²) in [6.45, 7) is 4.02. The average molecular weight is 585 g/mol. The van der Waals surface area contributed by atoms with Crippen molar-refractivity contribution in [3.63, 3.8) is 0 Å². The monoisotopic (exact) mass is 584 g/mol. The zero-order chi connectivity index (χ0) is 26.9. The molecule has 3 heterocycles. The molecule has 1 aromatic heterocycles. The Morgan fingerprint density at radius 2 is 1.89 bits per heavy atom. The zero-order valence-electron chi connectivity index (χ0n) is 20.5. The SMILES string of the molecule is O=C(C1CCCN1S(=O)(=O)c1ccc(Cl)cc1)N(CCCN1CCOCC1)c1nc2c(F)cc(F)cc2s1. The largest absolute Gasteiger partial charge is 0.379 e. The number of halogens is 3. The minimum atomic E-state index is -3.96. The molecule has 2 saturated heterocycles. The summed E-state index contributed by atoms with van der Waals surface area (Å²) in [5, 5.41) is 0.621. The first kappa shape index (κ1) is 27.4. The Morgan fingerprint density at radius 1 is 1.16 bits per heavy atom. The summed E-state index contributed by atoms with van der Waals surface area (Å²) in [6, 6.07) is 6.83. The molecule has 8 nitrogen and oxygen atoms in total. The van der Waals surface area contributed by atoms with E-state index in [-0.39, 0.29) is 33.3 Å². The highest BCUT2D eigenvalue weighted by molar-refractivity contribution is 7.89. The minimum Gasteiger partial charge on any atom is -0.379 e. The average Bonchev–Trinajstić information content (AvgIpc) is 3.55. The second-order valence-electron chi connectivity index (χ2n) is 9.26. The molecular formula is C25H27ClF2N4O4S2. The maximum Gasteiger partial charge on any atom is 0.247 e. The Labute approximate surface area is 228 Å². The highest BCUT2D eigenvalue weighted by Crippen LogP contribution is 2.34. The van der Waals surface area contributed by atoms with Gasteiger partial charge in [-0.15, -0.1) is 0 Å². The number of nitrogens with zero attached hydrogens (tertiary/aromatic N) is 4. The third kappa shape index (κ3) is 5.70. The number of benzene rings is 2. The Hall–Kier alpha value is -2.22. The molecule has 0 bridgehead atoms. The lowest BCUT2D eigenvalue weighted by molar-refractivity contribution is -0.121. The van der Waals surface area contributed by atoms with Gasteiger partial charge in [0.15, 0.2) is 10.9 Å². The number of anilines is 1. The molecule has 38 heavy (non-hydrogen) atoms. The number of ether oxygens (including phenoxy) is 1. The number of amides is 1. The van der Waals surface area contributed by atoms with Gasteiger partial charge in [-0.25, -0.2) is 22.2 Å². The van der Waals surface area contributed by atoms with Crippen LogP contribution in [0.15, 0.2) is 41.3 Å². The molecule has 5 rings (SSSR count). The predicted molar refractivity (Wildman–Crippen MR) is 142 cm³/mol. The number of morpholine rings is 1. The van der Waals surface area contributed by atoms with Gasteiger partial charge < -0.3 is 4.74 Å². The molecule has 0 N–H and O–H groups in total. The molecule has 3 aromatic rings. The predicted octanol–water partition coefficient (Wildman–Crippen LogP) is 4.14. The van der Waals surface area contributed by atoms with Crippen molar-refractivity contribution in [1.82, 2.24) is 14.2 Å². The van der Waals surface area contributed by atoms with Crippen molar-refractivity contribution in [2.45, 2.75) is 30.2 Å². The van der Waals surface area contributed by atoms with Gasteiger partial charge in [0.05, 0.1) is 22.8 Å². The summed E-state index contributed by atoms with van der Waals surface area (Å²) in [4.78, 5) is 22.0. The van der Waals surface area contributed by atoms with Gasteiger partial charge in [-0.05, 0) is 49.6 Å². The molecule has 0 radical (unpaired) electrons. The summed E-state index contributed by atoms with van der Waals surface area (Å²) in [5.74, 6) is -1.97. The fourth-order valence-corrected chi connectivity index (χ4v) is 7.65. The van der Waals surface area contributed by atoms with Gasteiger partial charge in [-0.3, -0.25) is 14.6 Å². The highest BCUT2D eigenvalue weighted by Gasteiger charge is 2.42. The topological polar surface area (TPSA) is 83.1 Å². The number of sulfonamides is 1. The van der Waals surface area contributed by atoms with Crippen molar-refractivity contribution >= 4 is 54.2 Å². The van der Waals surface area contributed by atoms with Gasteiger partial charge in [-0.2, -0.15) is 4.31 Å². The summed E-state index contributed by atoms with van der Waals surface area (Å²) < 4.78 is 62.1. The maximum atomic E-state index is 14.4. The Morgan fingerprint density at radius 3 is 2.63 bits per heavy atom. The molecule has 2 aliphatic rings. The molecule has 1 atom stereocenters. The lowest BCUT2D eigenvalue weighted by Gasteiger charge is -2.30. The van der Waals surface area contributed by atoms with E-state index in [1.807, 2.05) is 0 Å². The van der Waals surface area contributed by atoms with E-state index in [1.165, 1.54) is 39.5 Å². The summed E-state index contributed by atoms with van der Waals surface area (Å²) in [7, 11) is -3.96. The van der Waals surface area contributed by atoms with Crippen LogP contribution >= 0.6 is 22.9 Å². The van der Waals surface area contributed by atoms with Crippen molar-refractivity contribution in [2.75, 3.05) is 50.8 Å². The van der Waals surface area contributed by atoms with Gasteiger partial charge in [0.1, 0.15) is 17.4 Å². The van der Waals surface area contributed by atoms with Crippen LogP contribution in [-0.4, -0.2) is 80.5 Å². The van der Waals surface area contributed by atoms with Crippen molar-refractivity contribution in [2.24, 2.45) is 0 Å². The van der Waals surface area contributed by atoms with Crippen LogP contribution in [0, 0.1) is 11.6 Å². The van der Waals surface area contributed by atoms with Gasteiger partial charge in [0.2, 0.25) is 15.9 Å². The van der Waals surface area contributed by atoms with Crippen LogP contribution in [0.5, 0.6) is 0 Å². The van der Waals surface area contributed by atoms with Crippen LogP contribution in [0.3, 0.4) is 0 Å². The van der Waals surface area contributed by atoms with E-state index in [0.29, 0.717) is 44.0 Å². The minimum absolute atomic E-state index is 0.0190. The molecular weight excluding hydrogens is 558 g/mol. The van der Waals surface area contributed by atoms with Gasteiger partial charge in [-0.1, -0.05) is 22.9 Å². The Kier molecular flexibility index (Phi) is 8.27. The smallest absolute Gasteiger partial charge is 0.247 e. The molecule has 0 aliphatic carbocycles. The van der Waals surface area contributed by atoms with Gasteiger partial charge >= 0.3 is 0 Å². The van der Waals surface area contributed by atoms with Crippen molar-refractivity contribution in [1.29, 1.82) is 0 Å². The van der Waals surface area contributed by atoms with Crippen LogP contribution in [0.1, 0.15) is 19.3 Å². The number of thiazole rings is 1. The van der Waals surface area contributed by atoms with E-state index < -0.39 is 33.6 Å². The third-order valence-corrected chi connectivity index (χ3v) is 9.97. The Balaban J connectivity index is 1.43. The fraction of sp³-hybridized carbons (Fsp3) is 0.440. The van der Waals surface area contributed by atoms with Gasteiger partial charge in [0.25, 0.3) is 0 Å². The van der Waals surface area contributed by atoms with E-state index in [4.69, 9.17) is 16.3 Å². The first-order chi connectivity index (χ1) is 18.2. The van der Waals surface area contributed by atoms with E-state index in [9.17, 15) is 22.0 Å². The molecule has 2 aliphatic heterocycles. The number of carbonyl (C=O) groups is 1. The van der Waals surface area contributed by atoms with Gasteiger partial charge in [0, 0.05) is 43.8 Å². The first-order valence-electron chi connectivity index (χ1n) is 12.4. The molecule has 0 saturated carbocycles. The highest BCUT2D eigenvalue weighted by atomic mass is 35.5. The van der Waals surface area contributed by atoms with Crippen LogP contribution in [0.25, 0.3) is 10.2 Å². The molecule has 1 amide bonds. The van der Waals surface area contributed by atoms with Crippen molar-refractivity contribution in [3.05, 3.63) is 53.1 Å². The van der Waals surface area contributed by atoms with Crippen molar-refractivity contribution in [3.8, 4) is 0 Å². The number of rotatable bonds is 8. The lowest BCUT2D eigenvalue weighted by atomic mass is 10.2. The summed E-state index contributed by atoms with van der Waals surface area (Å²) >= 11 is 6.94. The Bertz CT molecular complexity index is 1410. The lowest BCUT2D eigenvalue weighted by Crippen LogP contribution is -2.48. The van der Waals surface area contributed by atoms with Crippen molar-refractivity contribution < 1.29 is 26.7 Å². The number of fused-ring (bicyclic) bond motifs is 1. The van der Waals surface area contributed by atoms with E-state index >= 15 is 0 Å². The fourth-order valence-electron chi connectivity index (χ4n) is 4.83.